The van der Waals surface area contributed by atoms with Crippen LogP contribution < -0.4 is 0 Å². The Morgan fingerprint density at radius 2 is 0.818 bits per heavy atom. The fourth-order valence-corrected chi connectivity index (χ4v) is 10.8. The Balaban J connectivity index is 1.42. The maximum Gasteiger partial charge on any atom is 0.0202 e. The molecule has 8 rings (SSSR count). The number of hydrogen-bond donors (Lipinski definition) is 0. The summed E-state index contributed by atoms with van der Waals surface area (Å²) in [5.74, 6) is 6.30. The van der Waals surface area contributed by atoms with Gasteiger partial charge >= 0.3 is 0 Å². The van der Waals surface area contributed by atoms with Gasteiger partial charge in [0.25, 0.3) is 0 Å². The second-order valence-corrected chi connectivity index (χ2v) is 12.5. The van der Waals surface area contributed by atoms with Gasteiger partial charge in [-0.3, -0.25) is 0 Å². The molecule has 0 N–H and O–H groups in total. The summed E-state index contributed by atoms with van der Waals surface area (Å²) >= 11 is 8.23. The molecule has 0 nitrogen and oxygen atoms in total. The molecule has 0 radical (unpaired) electrons. The van der Waals surface area contributed by atoms with Crippen molar-refractivity contribution in [2.45, 2.75) is 73.9 Å². The molecule has 4 unspecified atom stereocenters. The molecule has 0 aromatic heterocycles. The molecule has 8 bridgehead atoms. The fourth-order valence-electron chi connectivity index (χ4n) is 9.22. The number of rotatable bonds is 1. The van der Waals surface area contributed by atoms with Crippen LogP contribution in [0.3, 0.4) is 0 Å². The lowest BCUT2D eigenvalue weighted by Crippen LogP contribution is -2.64. The van der Waals surface area contributed by atoms with Gasteiger partial charge in [-0.25, -0.2) is 0 Å². The van der Waals surface area contributed by atoms with Crippen LogP contribution in [-0.2, 0) is 0 Å². The lowest BCUT2D eigenvalue weighted by Gasteiger charge is -2.71. The van der Waals surface area contributed by atoms with Gasteiger partial charge in [0, 0.05) is 9.65 Å². The summed E-state index contributed by atoms with van der Waals surface area (Å²) in [5, 5.41) is 0. The highest BCUT2D eigenvalue weighted by atomic mass is 79.9. The Morgan fingerprint density at radius 3 is 1.14 bits per heavy atom. The summed E-state index contributed by atoms with van der Waals surface area (Å²) in [6, 6.07) is 0. The molecule has 0 amide bonds. The summed E-state index contributed by atoms with van der Waals surface area (Å²) < 4.78 is 0. The molecule has 0 saturated heterocycles. The van der Waals surface area contributed by atoms with Gasteiger partial charge in [-0.1, -0.05) is 31.9 Å². The summed E-state index contributed by atoms with van der Waals surface area (Å²) in [7, 11) is 0. The topological polar surface area (TPSA) is 0 Å². The molecule has 8 fully saturated rings. The number of halogens is 2. The third-order valence-electron chi connectivity index (χ3n) is 9.44. The monoisotopic (exact) mass is 426 g/mol. The third kappa shape index (κ3) is 1.61. The summed E-state index contributed by atoms with van der Waals surface area (Å²) in [6.07, 6.45) is 15.8. The minimum Gasteiger partial charge on any atom is -0.0885 e. The Kier molecular flexibility index (Phi) is 2.82. The largest absolute Gasteiger partial charge is 0.0885 e. The predicted molar refractivity (Wildman–Crippen MR) is 97.4 cm³/mol. The molecule has 0 aromatic carbocycles. The van der Waals surface area contributed by atoms with Crippen LogP contribution >= 0.6 is 31.9 Å². The molecule has 4 atom stereocenters. The second kappa shape index (κ2) is 4.37. The predicted octanol–water partition coefficient (Wildman–Crippen LogP) is 6.17. The van der Waals surface area contributed by atoms with E-state index in [-0.39, 0.29) is 0 Å². The van der Waals surface area contributed by atoms with Gasteiger partial charge in [0.2, 0.25) is 0 Å². The van der Waals surface area contributed by atoms with E-state index in [1.54, 1.807) is 64.2 Å². The van der Waals surface area contributed by atoms with E-state index in [0.29, 0.717) is 0 Å². The molecular weight excluding hydrogens is 400 g/mol. The first kappa shape index (κ1) is 14.2. The Labute approximate surface area is 151 Å². The zero-order valence-electron chi connectivity index (χ0n) is 13.4. The minimum atomic E-state index is 0.774. The Hall–Kier alpha value is 0.960. The molecule has 0 spiro atoms. The first-order valence-corrected chi connectivity index (χ1v) is 11.7. The van der Waals surface area contributed by atoms with Crippen molar-refractivity contribution in [2.24, 2.45) is 46.3 Å². The third-order valence-corrected chi connectivity index (χ3v) is 12.4. The van der Waals surface area contributed by atoms with Gasteiger partial charge < -0.3 is 0 Å². The molecule has 0 heterocycles. The smallest absolute Gasteiger partial charge is 0.0202 e. The highest BCUT2D eigenvalue weighted by Gasteiger charge is 2.67. The van der Waals surface area contributed by atoms with Crippen LogP contribution in [0.15, 0.2) is 0 Å². The van der Waals surface area contributed by atoms with E-state index in [0.717, 1.165) is 56.0 Å². The van der Waals surface area contributed by atoms with E-state index >= 15 is 0 Å². The van der Waals surface area contributed by atoms with Gasteiger partial charge in [0.15, 0.2) is 0 Å². The van der Waals surface area contributed by atoms with E-state index in [1.165, 1.54) is 0 Å². The highest BCUT2D eigenvalue weighted by molar-refractivity contribution is 9.09. The van der Waals surface area contributed by atoms with Gasteiger partial charge in [-0.15, -0.1) is 0 Å². The average molecular weight is 428 g/mol. The lowest BCUT2D eigenvalue weighted by atomic mass is 9.35. The zero-order chi connectivity index (χ0) is 14.7. The standard InChI is InChI=1S/C20H28Br2/c21-17-13-1-11-2-14(17)8-19(5-11,7-13)20-6-12-3-15(9-20)18(22)16(4-12)10-20/h11-18H,1-10H2. The first-order valence-electron chi connectivity index (χ1n) is 9.86. The first-order chi connectivity index (χ1) is 10.6. The van der Waals surface area contributed by atoms with E-state index < -0.39 is 0 Å². The maximum atomic E-state index is 4.12. The van der Waals surface area contributed by atoms with Gasteiger partial charge in [0.05, 0.1) is 0 Å². The van der Waals surface area contributed by atoms with Crippen molar-refractivity contribution >= 4 is 31.9 Å². The lowest BCUT2D eigenvalue weighted by molar-refractivity contribution is -0.194. The van der Waals surface area contributed by atoms with Crippen LogP contribution in [0.1, 0.15) is 64.2 Å². The molecule has 8 aliphatic carbocycles. The second-order valence-electron chi connectivity index (χ2n) is 10.4. The number of alkyl halides is 2. The summed E-state index contributed by atoms with van der Waals surface area (Å²) in [5.41, 5.74) is 1.55. The van der Waals surface area contributed by atoms with Crippen molar-refractivity contribution in [2.75, 3.05) is 0 Å². The van der Waals surface area contributed by atoms with Crippen LogP contribution in [0.5, 0.6) is 0 Å². The van der Waals surface area contributed by atoms with Crippen LogP contribution in [0.2, 0.25) is 0 Å². The number of hydrogen-bond acceptors (Lipinski definition) is 0. The van der Waals surface area contributed by atoms with Crippen LogP contribution in [0.25, 0.3) is 0 Å². The molecule has 122 valence electrons. The van der Waals surface area contributed by atoms with Crippen molar-refractivity contribution in [3.63, 3.8) is 0 Å². The molecule has 0 aliphatic heterocycles. The van der Waals surface area contributed by atoms with Crippen molar-refractivity contribution < 1.29 is 0 Å². The fraction of sp³-hybridized carbons (Fsp3) is 1.00. The maximum absolute atomic E-state index is 4.12. The van der Waals surface area contributed by atoms with Crippen LogP contribution in [0, 0.1) is 46.3 Å². The summed E-state index contributed by atoms with van der Waals surface area (Å²) in [6.45, 7) is 0. The molecule has 8 saturated carbocycles. The Bertz CT molecular complexity index is 436. The van der Waals surface area contributed by atoms with Gasteiger partial charge in [0.1, 0.15) is 0 Å². The Morgan fingerprint density at radius 1 is 0.500 bits per heavy atom. The van der Waals surface area contributed by atoms with Crippen LogP contribution in [0.4, 0.5) is 0 Å². The average Bonchev–Trinajstić information content (AvgIpc) is 2.48. The highest BCUT2D eigenvalue weighted by Crippen LogP contribution is 2.75. The zero-order valence-corrected chi connectivity index (χ0v) is 16.6. The molecular formula is C20H28Br2. The van der Waals surface area contributed by atoms with Crippen molar-refractivity contribution in [1.82, 2.24) is 0 Å². The molecule has 22 heavy (non-hydrogen) atoms. The van der Waals surface area contributed by atoms with Gasteiger partial charge in [-0.2, -0.15) is 0 Å². The summed E-state index contributed by atoms with van der Waals surface area (Å²) in [4.78, 5) is 1.74. The van der Waals surface area contributed by atoms with E-state index in [2.05, 4.69) is 31.9 Å². The minimum absolute atomic E-state index is 0.774. The van der Waals surface area contributed by atoms with Crippen molar-refractivity contribution in [3.05, 3.63) is 0 Å². The van der Waals surface area contributed by atoms with Gasteiger partial charge in [-0.05, 0) is 111 Å². The quantitative estimate of drug-likeness (QED) is 0.439. The van der Waals surface area contributed by atoms with E-state index in [1.807, 2.05) is 0 Å². The van der Waals surface area contributed by atoms with E-state index in [9.17, 15) is 0 Å². The molecule has 0 aromatic rings. The van der Waals surface area contributed by atoms with Crippen molar-refractivity contribution in [1.29, 1.82) is 0 Å². The van der Waals surface area contributed by atoms with Crippen molar-refractivity contribution in [3.8, 4) is 0 Å². The molecule has 2 heteroatoms. The molecule has 8 aliphatic rings. The SMILES string of the molecule is BrC1C2CC3CC1CC(C14CC5CC(C1)C(Br)C(C5)C4)(C3)C2. The normalized spacial score (nSPS) is 67.9. The van der Waals surface area contributed by atoms with E-state index in [4.69, 9.17) is 0 Å². The van der Waals surface area contributed by atoms with Crippen LogP contribution in [-0.4, -0.2) is 9.65 Å².